The smallest absolute Gasteiger partial charge is 0.253 e. The van der Waals surface area contributed by atoms with E-state index < -0.39 is 0 Å². The van der Waals surface area contributed by atoms with Crippen molar-refractivity contribution in [3.8, 4) is 0 Å². The number of nitrogens with zero attached hydrogens (tertiary/aromatic N) is 3. The molecule has 6 heteroatoms. The van der Waals surface area contributed by atoms with E-state index in [-0.39, 0.29) is 5.91 Å². The minimum atomic E-state index is 0.0379. The second-order valence-corrected chi connectivity index (χ2v) is 7.49. The van der Waals surface area contributed by atoms with Gasteiger partial charge in [-0.3, -0.25) is 9.79 Å². The van der Waals surface area contributed by atoms with Crippen molar-refractivity contribution in [1.29, 1.82) is 0 Å². The van der Waals surface area contributed by atoms with Crippen LogP contribution in [-0.2, 0) is 6.42 Å². The maximum atomic E-state index is 12.1. The molecule has 1 fully saturated rings. The standard InChI is InChI=1S/C21H35N5O/c1-5-12-26-13-10-18(16-26)15-24-21(22-2)23-11-9-17-7-6-8-19(14-17)20(27)25(3)4/h6-8,14,18H,5,9-13,15-16H2,1-4H3,(H2,22,23,24). The van der Waals surface area contributed by atoms with Crippen molar-refractivity contribution < 1.29 is 4.79 Å². The second-order valence-electron chi connectivity index (χ2n) is 7.49. The maximum Gasteiger partial charge on any atom is 0.253 e. The third kappa shape index (κ3) is 6.86. The summed E-state index contributed by atoms with van der Waals surface area (Å²) < 4.78 is 0. The number of guanidine groups is 1. The molecular formula is C21H35N5O. The van der Waals surface area contributed by atoms with Gasteiger partial charge in [0.25, 0.3) is 5.91 Å². The molecule has 0 spiro atoms. The van der Waals surface area contributed by atoms with Crippen LogP contribution >= 0.6 is 0 Å². The van der Waals surface area contributed by atoms with Gasteiger partial charge in [-0.1, -0.05) is 19.1 Å². The molecule has 0 saturated carbocycles. The first kappa shape index (κ1) is 21.2. The Morgan fingerprint density at radius 3 is 2.85 bits per heavy atom. The van der Waals surface area contributed by atoms with Crippen molar-refractivity contribution in [2.45, 2.75) is 26.2 Å². The third-order valence-corrected chi connectivity index (χ3v) is 4.98. The number of rotatable bonds is 8. The Labute approximate surface area is 164 Å². The molecular weight excluding hydrogens is 338 g/mol. The molecule has 0 aromatic heterocycles. The van der Waals surface area contributed by atoms with Crippen LogP contribution in [0.25, 0.3) is 0 Å². The van der Waals surface area contributed by atoms with Crippen molar-refractivity contribution in [2.75, 3.05) is 53.9 Å². The molecule has 1 unspecified atom stereocenters. The SMILES string of the molecule is CCCN1CCC(CNC(=NC)NCCc2cccc(C(=O)N(C)C)c2)C1. The zero-order chi connectivity index (χ0) is 19.6. The number of carbonyl (C=O) groups excluding carboxylic acids is 1. The van der Waals surface area contributed by atoms with Crippen LogP contribution in [-0.4, -0.2) is 75.5 Å². The fourth-order valence-corrected chi connectivity index (χ4v) is 3.50. The van der Waals surface area contributed by atoms with Crippen LogP contribution in [0.4, 0.5) is 0 Å². The number of hydrogen-bond donors (Lipinski definition) is 2. The van der Waals surface area contributed by atoms with Gasteiger partial charge in [-0.05, 0) is 56.0 Å². The predicted molar refractivity (Wildman–Crippen MR) is 112 cm³/mol. The van der Waals surface area contributed by atoms with Crippen molar-refractivity contribution in [3.05, 3.63) is 35.4 Å². The largest absolute Gasteiger partial charge is 0.356 e. The first-order chi connectivity index (χ1) is 13.0. The molecule has 1 aromatic carbocycles. The Kier molecular flexibility index (Phi) is 8.58. The highest BCUT2D eigenvalue weighted by Gasteiger charge is 2.21. The van der Waals surface area contributed by atoms with Gasteiger partial charge in [-0.2, -0.15) is 0 Å². The van der Waals surface area contributed by atoms with Gasteiger partial charge >= 0.3 is 0 Å². The van der Waals surface area contributed by atoms with Gasteiger partial charge in [0.15, 0.2) is 5.96 Å². The number of hydrogen-bond acceptors (Lipinski definition) is 3. The van der Waals surface area contributed by atoms with Gasteiger partial charge < -0.3 is 20.4 Å². The van der Waals surface area contributed by atoms with Crippen LogP contribution < -0.4 is 10.6 Å². The van der Waals surface area contributed by atoms with E-state index in [1.54, 1.807) is 19.0 Å². The zero-order valence-electron chi connectivity index (χ0n) is 17.3. The topological polar surface area (TPSA) is 60.0 Å². The number of nitrogens with one attached hydrogen (secondary N) is 2. The summed E-state index contributed by atoms with van der Waals surface area (Å²) in [6.45, 7) is 7.60. The van der Waals surface area contributed by atoms with Crippen LogP contribution in [0.15, 0.2) is 29.3 Å². The quantitative estimate of drug-likeness (QED) is 0.539. The summed E-state index contributed by atoms with van der Waals surface area (Å²) in [6.07, 6.45) is 3.34. The average molecular weight is 374 g/mol. The number of benzene rings is 1. The summed E-state index contributed by atoms with van der Waals surface area (Å²) in [6, 6.07) is 7.84. The maximum absolute atomic E-state index is 12.1. The Hall–Kier alpha value is -2.08. The summed E-state index contributed by atoms with van der Waals surface area (Å²) in [4.78, 5) is 20.6. The average Bonchev–Trinajstić information content (AvgIpc) is 3.12. The van der Waals surface area contributed by atoms with Gasteiger partial charge in [0, 0.05) is 46.3 Å². The van der Waals surface area contributed by atoms with E-state index in [1.165, 1.54) is 32.5 Å². The molecule has 1 amide bonds. The van der Waals surface area contributed by atoms with Crippen LogP contribution in [0.2, 0.25) is 0 Å². The van der Waals surface area contributed by atoms with E-state index in [2.05, 4.69) is 33.5 Å². The third-order valence-electron chi connectivity index (χ3n) is 4.98. The van der Waals surface area contributed by atoms with Gasteiger partial charge in [-0.25, -0.2) is 0 Å². The van der Waals surface area contributed by atoms with Crippen molar-refractivity contribution in [2.24, 2.45) is 10.9 Å². The number of amides is 1. The van der Waals surface area contributed by atoms with Gasteiger partial charge in [0.1, 0.15) is 0 Å². The van der Waals surface area contributed by atoms with Gasteiger partial charge in [0.05, 0.1) is 0 Å². The first-order valence-electron chi connectivity index (χ1n) is 10.0. The summed E-state index contributed by atoms with van der Waals surface area (Å²) >= 11 is 0. The van der Waals surface area contributed by atoms with Crippen LogP contribution in [0.3, 0.4) is 0 Å². The summed E-state index contributed by atoms with van der Waals surface area (Å²) in [7, 11) is 5.36. The first-order valence-corrected chi connectivity index (χ1v) is 10.0. The van der Waals surface area contributed by atoms with E-state index in [0.717, 1.165) is 36.6 Å². The predicted octanol–water partition coefficient (Wildman–Crippen LogP) is 1.83. The molecule has 1 atom stereocenters. The highest BCUT2D eigenvalue weighted by molar-refractivity contribution is 5.94. The fourth-order valence-electron chi connectivity index (χ4n) is 3.50. The van der Waals surface area contributed by atoms with E-state index in [4.69, 9.17) is 0 Å². The lowest BCUT2D eigenvalue weighted by atomic mass is 10.1. The van der Waals surface area contributed by atoms with Crippen LogP contribution in [0.5, 0.6) is 0 Å². The van der Waals surface area contributed by atoms with E-state index in [9.17, 15) is 4.79 Å². The molecule has 27 heavy (non-hydrogen) atoms. The lowest BCUT2D eigenvalue weighted by molar-refractivity contribution is 0.0827. The molecule has 1 aliphatic rings. The zero-order valence-corrected chi connectivity index (χ0v) is 17.3. The number of carbonyl (C=O) groups is 1. The fraction of sp³-hybridized carbons (Fsp3) is 0.619. The Balaban J connectivity index is 1.74. The highest BCUT2D eigenvalue weighted by Crippen LogP contribution is 2.15. The van der Waals surface area contributed by atoms with E-state index in [1.807, 2.05) is 25.2 Å². The molecule has 0 radical (unpaired) electrons. The van der Waals surface area contributed by atoms with Gasteiger partial charge in [-0.15, -0.1) is 0 Å². The van der Waals surface area contributed by atoms with Gasteiger partial charge in [0.2, 0.25) is 0 Å². The lowest BCUT2D eigenvalue weighted by Gasteiger charge is -2.17. The molecule has 1 heterocycles. The van der Waals surface area contributed by atoms with Crippen LogP contribution in [0.1, 0.15) is 35.7 Å². The Bertz CT molecular complexity index is 629. The molecule has 0 bridgehead atoms. The minimum Gasteiger partial charge on any atom is -0.356 e. The van der Waals surface area contributed by atoms with Crippen molar-refractivity contribution in [1.82, 2.24) is 20.4 Å². The number of aliphatic imine (C=N–C) groups is 1. The lowest BCUT2D eigenvalue weighted by Crippen LogP contribution is -2.41. The molecule has 2 N–H and O–H groups in total. The number of likely N-dealkylation sites (tertiary alicyclic amines) is 1. The molecule has 6 nitrogen and oxygen atoms in total. The minimum absolute atomic E-state index is 0.0379. The van der Waals surface area contributed by atoms with E-state index in [0.29, 0.717) is 5.92 Å². The normalized spacial score (nSPS) is 17.8. The molecule has 150 valence electrons. The second kappa shape index (κ2) is 10.9. The molecule has 1 aliphatic heterocycles. The summed E-state index contributed by atoms with van der Waals surface area (Å²) in [5.74, 6) is 1.59. The molecule has 0 aliphatic carbocycles. The van der Waals surface area contributed by atoms with E-state index >= 15 is 0 Å². The summed E-state index contributed by atoms with van der Waals surface area (Å²) in [5.41, 5.74) is 1.88. The molecule has 1 saturated heterocycles. The molecule has 1 aromatic rings. The highest BCUT2D eigenvalue weighted by atomic mass is 16.2. The van der Waals surface area contributed by atoms with Crippen LogP contribution in [0, 0.1) is 5.92 Å². The molecule has 2 rings (SSSR count). The van der Waals surface area contributed by atoms with Crippen molar-refractivity contribution in [3.63, 3.8) is 0 Å². The Morgan fingerprint density at radius 2 is 2.15 bits per heavy atom. The Morgan fingerprint density at radius 1 is 1.33 bits per heavy atom. The summed E-state index contributed by atoms with van der Waals surface area (Å²) in [5, 5.41) is 6.84. The monoisotopic (exact) mass is 373 g/mol. The van der Waals surface area contributed by atoms with Crippen molar-refractivity contribution >= 4 is 11.9 Å².